The standard InChI is InChI=1S/C13H23N3O3/c1-9(2)16(6-10(3)17)8-11-7-14(4)13(19)15(5)12(11)18/h7,9-10,17H,6,8H2,1-5H3. The summed E-state index contributed by atoms with van der Waals surface area (Å²) in [6, 6.07) is 0.205. The van der Waals surface area contributed by atoms with Gasteiger partial charge in [0.2, 0.25) is 0 Å². The number of hydrogen-bond acceptors (Lipinski definition) is 4. The lowest BCUT2D eigenvalue weighted by atomic mass is 10.2. The van der Waals surface area contributed by atoms with E-state index < -0.39 is 6.10 Å². The Labute approximate surface area is 112 Å². The van der Waals surface area contributed by atoms with Crippen molar-refractivity contribution in [3.63, 3.8) is 0 Å². The third-order valence-electron chi connectivity index (χ3n) is 3.12. The monoisotopic (exact) mass is 269 g/mol. The summed E-state index contributed by atoms with van der Waals surface area (Å²) in [4.78, 5) is 25.7. The molecule has 1 heterocycles. The van der Waals surface area contributed by atoms with Crippen molar-refractivity contribution in [3.05, 3.63) is 32.6 Å². The molecule has 0 aliphatic carbocycles. The van der Waals surface area contributed by atoms with Crippen LogP contribution in [0, 0.1) is 0 Å². The van der Waals surface area contributed by atoms with Gasteiger partial charge in [0.25, 0.3) is 5.56 Å². The fraction of sp³-hybridized carbons (Fsp3) is 0.692. The lowest BCUT2D eigenvalue weighted by molar-refractivity contribution is 0.102. The first kappa shape index (κ1) is 15.7. The number of nitrogens with zero attached hydrogens (tertiary/aromatic N) is 3. The molecule has 0 aliphatic heterocycles. The molecule has 108 valence electrons. The van der Waals surface area contributed by atoms with Crippen molar-refractivity contribution in [2.75, 3.05) is 6.54 Å². The van der Waals surface area contributed by atoms with E-state index in [-0.39, 0.29) is 17.3 Å². The van der Waals surface area contributed by atoms with Crippen LogP contribution in [0.3, 0.4) is 0 Å². The number of aryl methyl sites for hydroxylation is 1. The molecule has 6 heteroatoms. The Hall–Kier alpha value is -1.40. The zero-order valence-electron chi connectivity index (χ0n) is 12.3. The van der Waals surface area contributed by atoms with E-state index in [2.05, 4.69) is 0 Å². The molecule has 0 saturated carbocycles. The smallest absolute Gasteiger partial charge is 0.330 e. The molecule has 19 heavy (non-hydrogen) atoms. The zero-order valence-corrected chi connectivity index (χ0v) is 12.3. The van der Waals surface area contributed by atoms with E-state index in [9.17, 15) is 14.7 Å². The van der Waals surface area contributed by atoms with Gasteiger partial charge in [0.1, 0.15) is 0 Å². The van der Waals surface area contributed by atoms with Gasteiger partial charge in [-0.05, 0) is 20.8 Å². The van der Waals surface area contributed by atoms with Gasteiger partial charge in [-0.2, -0.15) is 0 Å². The minimum atomic E-state index is -0.459. The fourth-order valence-electron chi connectivity index (χ4n) is 2.01. The van der Waals surface area contributed by atoms with Gasteiger partial charge in [-0.1, -0.05) is 0 Å². The normalized spacial score (nSPS) is 13.3. The summed E-state index contributed by atoms with van der Waals surface area (Å²) >= 11 is 0. The molecule has 0 bridgehead atoms. The van der Waals surface area contributed by atoms with E-state index in [4.69, 9.17) is 0 Å². The van der Waals surface area contributed by atoms with Gasteiger partial charge in [-0.25, -0.2) is 4.79 Å². The highest BCUT2D eigenvalue weighted by Gasteiger charge is 2.16. The number of aliphatic hydroxyl groups is 1. The summed E-state index contributed by atoms with van der Waals surface area (Å²) in [5.74, 6) is 0. The molecule has 1 N–H and O–H groups in total. The highest BCUT2D eigenvalue weighted by molar-refractivity contribution is 5.05. The summed E-state index contributed by atoms with van der Waals surface area (Å²) in [5, 5.41) is 9.49. The van der Waals surface area contributed by atoms with Crippen molar-refractivity contribution in [3.8, 4) is 0 Å². The van der Waals surface area contributed by atoms with Gasteiger partial charge < -0.3 is 9.67 Å². The van der Waals surface area contributed by atoms with Crippen LogP contribution >= 0.6 is 0 Å². The molecule has 0 fully saturated rings. The molecule has 1 unspecified atom stereocenters. The Morgan fingerprint density at radius 1 is 1.26 bits per heavy atom. The molecule has 0 radical (unpaired) electrons. The Morgan fingerprint density at radius 2 is 1.84 bits per heavy atom. The minimum absolute atomic E-state index is 0.205. The molecule has 0 aliphatic rings. The third kappa shape index (κ3) is 3.78. The van der Waals surface area contributed by atoms with Crippen molar-refractivity contribution in [1.29, 1.82) is 0 Å². The van der Waals surface area contributed by atoms with Crippen molar-refractivity contribution >= 4 is 0 Å². The van der Waals surface area contributed by atoms with Crippen molar-refractivity contribution < 1.29 is 5.11 Å². The first-order valence-electron chi connectivity index (χ1n) is 6.41. The van der Waals surface area contributed by atoms with Crippen LogP contribution in [0.1, 0.15) is 26.3 Å². The molecule has 0 aromatic carbocycles. The SMILES string of the molecule is CC(O)CN(Cc1cn(C)c(=O)n(C)c1=O)C(C)C. The second-order valence-electron chi connectivity index (χ2n) is 5.28. The molecule has 1 aromatic heterocycles. The number of aromatic nitrogens is 2. The average Bonchev–Trinajstić information content (AvgIpc) is 2.31. The molecule has 1 atom stereocenters. The first-order valence-corrected chi connectivity index (χ1v) is 6.41. The van der Waals surface area contributed by atoms with Crippen LogP contribution in [0.2, 0.25) is 0 Å². The van der Waals surface area contributed by atoms with Gasteiger partial charge in [0.05, 0.1) is 6.10 Å². The largest absolute Gasteiger partial charge is 0.392 e. The molecule has 1 rings (SSSR count). The summed E-state index contributed by atoms with van der Waals surface area (Å²) in [6.07, 6.45) is 1.11. The predicted molar refractivity (Wildman–Crippen MR) is 74.2 cm³/mol. The zero-order chi connectivity index (χ0) is 14.7. The molecular weight excluding hydrogens is 246 g/mol. The van der Waals surface area contributed by atoms with Crippen molar-refractivity contribution in [2.24, 2.45) is 14.1 Å². The van der Waals surface area contributed by atoms with Crippen LogP contribution in [-0.2, 0) is 20.6 Å². The highest BCUT2D eigenvalue weighted by atomic mass is 16.3. The third-order valence-corrected chi connectivity index (χ3v) is 3.12. The van der Waals surface area contributed by atoms with Gasteiger partial charge in [-0.15, -0.1) is 0 Å². The van der Waals surface area contributed by atoms with Crippen LogP contribution in [0.15, 0.2) is 15.8 Å². The fourth-order valence-corrected chi connectivity index (χ4v) is 2.01. The molecule has 0 amide bonds. The lowest BCUT2D eigenvalue weighted by Gasteiger charge is -2.27. The van der Waals surface area contributed by atoms with Gasteiger partial charge >= 0.3 is 5.69 Å². The quantitative estimate of drug-likeness (QED) is 0.795. The van der Waals surface area contributed by atoms with E-state index in [0.717, 1.165) is 4.57 Å². The van der Waals surface area contributed by atoms with Crippen LogP contribution in [0.25, 0.3) is 0 Å². The molecular formula is C13H23N3O3. The van der Waals surface area contributed by atoms with Crippen molar-refractivity contribution in [2.45, 2.75) is 39.5 Å². The molecule has 1 aromatic rings. The second-order valence-corrected chi connectivity index (χ2v) is 5.28. The molecule has 6 nitrogen and oxygen atoms in total. The minimum Gasteiger partial charge on any atom is -0.392 e. The Kier molecular flexibility index (Phi) is 5.08. The van der Waals surface area contributed by atoms with E-state index in [1.807, 2.05) is 18.7 Å². The van der Waals surface area contributed by atoms with E-state index in [1.165, 1.54) is 11.6 Å². The Morgan fingerprint density at radius 3 is 2.32 bits per heavy atom. The maximum absolute atomic E-state index is 12.0. The Balaban J connectivity index is 3.10. The number of aliphatic hydroxyl groups excluding tert-OH is 1. The summed E-state index contributed by atoms with van der Waals surface area (Å²) < 4.78 is 2.51. The average molecular weight is 269 g/mol. The topological polar surface area (TPSA) is 67.5 Å². The lowest BCUT2D eigenvalue weighted by Crippen LogP contribution is -2.42. The van der Waals surface area contributed by atoms with E-state index in [0.29, 0.717) is 18.7 Å². The van der Waals surface area contributed by atoms with Crippen LogP contribution in [0.4, 0.5) is 0 Å². The Bertz CT molecular complexity index is 543. The molecule has 0 saturated heterocycles. The predicted octanol–water partition coefficient (Wildman–Crippen LogP) is -0.325. The summed E-state index contributed by atoms with van der Waals surface area (Å²) in [6.45, 7) is 6.64. The van der Waals surface area contributed by atoms with E-state index in [1.54, 1.807) is 20.2 Å². The van der Waals surface area contributed by atoms with Gasteiger partial charge in [-0.3, -0.25) is 14.3 Å². The van der Waals surface area contributed by atoms with Crippen LogP contribution < -0.4 is 11.2 Å². The summed E-state index contributed by atoms with van der Waals surface area (Å²) in [5.41, 5.74) is -0.0568. The number of rotatable bonds is 5. The number of hydrogen-bond donors (Lipinski definition) is 1. The van der Waals surface area contributed by atoms with Gasteiger partial charge in [0, 0.05) is 45.0 Å². The highest BCUT2D eigenvalue weighted by Crippen LogP contribution is 2.05. The maximum atomic E-state index is 12.0. The van der Waals surface area contributed by atoms with Crippen LogP contribution in [-0.4, -0.2) is 37.8 Å². The molecule has 0 spiro atoms. The summed E-state index contributed by atoms with van der Waals surface area (Å²) in [7, 11) is 3.10. The van der Waals surface area contributed by atoms with E-state index >= 15 is 0 Å². The second kappa shape index (κ2) is 6.16. The van der Waals surface area contributed by atoms with Crippen molar-refractivity contribution in [1.82, 2.24) is 14.0 Å². The van der Waals surface area contributed by atoms with Crippen LogP contribution in [0.5, 0.6) is 0 Å². The van der Waals surface area contributed by atoms with Gasteiger partial charge in [0.15, 0.2) is 0 Å². The maximum Gasteiger partial charge on any atom is 0.330 e. The first-order chi connectivity index (χ1) is 8.73.